The third-order valence-corrected chi connectivity index (χ3v) is 4.95. The summed E-state index contributed by atoms with van der Waals surface area (Å²) in [5.74, 6) is 0.956. The molecule has 0 aliphatic heterocycles. The van der Waals surface area contributed by atoms with E-state index in [0.29, 0.717) is 0 Å². The van der Waals surface area contributed by atoms with E-state index < -0.39 is 0 Å². The van der Waals surface area contributed by atoms with E-state index in [2.05, 4.69) is 75.1 Å². The molecule has 0 spiro atoms. The van der Waals surface area contributed by atoms with Gasteiger partial charge in [0, 0.05) is 6.54 Å². The Balaban J connectivity index is 2.08. The first kappa shape index (κ1) is 19.5. The second-order valence-electron chi connectivity index (χ2n) is 6.55. The molecule has 1 aromatic carbocycles. The van der Waals surface area contributed by atoms with Crippen LogP contribution in [0.5, 0.6) is 5.75 Å². The minimum Gasteiger partial charge on any atom is -0.492 e. The largest absolute Gasteiger partial charge is 0.492 e. The topological polar surface area (TPSA) is 12.5 Å². The van der Waals surface area contributed by atoms with Crippen molar-refractivity contribution in [2.45, 2.75) is 47.0 Å². The summed E-state index contributed by atoms with van der Waals surface area (Å²) in [7, 11) is 0. The summed E-state index contributed by atoms with van der Waals surface area (Å²) in [6, 6.07) is 8.61. The number of hydrogen-bond donors (Lipinski definition) is 0. The van der Waals surface area contributed by atoms with E-state index >= 15 is 0 Å². The van der Waals surface area contributed by atoms with Crippen molar-refractivity contribution in [3.05, 3.63) is 59.2 Å². The summed E-state index contributed by atoms with van der Waals surface area (Å²) in [4.78, 5) is 2.38. The maximum atomic E-state index is 5.92. The third-order valence-electron chi connectivity index (χ3n) is 4.95. The van der Waals surface area contributed by atoms with Crippen molar-refractivity contribution < 1.29 is 4.74 Å². The number of rotatable bonds is 9. The SMILES string of the molecule is CC/C(C)=C(/C1=CCCC=C1)c1ccc(OCCN(CC)CC)cc1. The van der Waals surface area contributed by atoms with Gasteiger partial charge in [0.15, 0.2) is 0 Å². The van der Waals surface area contributed by atoms with Gasteiger partial charge in [-0.05, 0) is 68.1 Å². The van der Waals surface area contributed by atoms with E-state index in [1.165, 1.54) is 22.3 Å². The lowest BCUT2D eigenvalue weighted by Gasteiger charge is -2.18. The van der Waals surface area contributed by atoms with Gasteiger partial charge in [-0.2, -0.15) is 0 Å². The quantitative estimate of drug-likeness (QED) is 0.558. The Kier molecular flexibility index (Phi) is 8.00. The van der Waals surface area contributed by atoms with E-state index in [1.807, 2.05) is 0 Å². The highest BCUT2D eigenvalue weighted by Gasteiger charge is 2.11. The molecule has 0 saturated heterocycles. The lowest BCUT2D eigenvalue weighted by atomic mass is 9.89. The minimum atomic E-state index is 0.742. The Morgan fingerprint density at radius 3 is 2.32 bits per heavy atom. The van der Waals surface area contributed by atoms with Gasteiger partial charge in [-0.25, -0.2) is 0 Å². The molecule has 0 atom stereocenters. The first-order valence-corrected chi connectivity index (χ1v) is 9.71. The summed E-state index contributed by atoms with van der Waals surface area (Å²) in [5.41, 5.74) is 5.47. The van der Waals surface area contributed by atoms with Crippen molar-refractivity contribution in [2.75, 3.05) is 26.2 Å². The molecular weight excluding hydrogens is 306 g/mol. The van der Waals surface area contributed by atoms with Crippen LogP contribution in [0.3, 0.4) is 0 Å². The fraction of sp³-hybridized carbons (Fsp3) is 0.478. The molecule has 0 heterocycles. The Hall–Kier alpha value is -1.80. The number of ether oxygens (including phenoxy) is 1. The smallest absolute Gasteiger partial charge is 0.119 e. The molecule has 1 aromatic rings. The molecule has 2 nitrogen and oxygen atoms in total. The monoisotopic (exact) mass is 339 g/mol. The third kappa shape index (κ3) is 5.61. The van der Waals surface area contributed by atoms with Gasteiger partial charge in [0.25, 0.3) is 0 Å². The fourth-order valence-electron chi connectivity index (χ4n) is 3.19. The molecule has 2 heteroatoms. The van der Waals surface area contributed by atoms with E-state index in [0.717, 1.165) is 51.3 Å². The number of nitrogens with zero attached hydrogens (tertiary/aromatic N) is 1. The van der Waals surface area contributed by atoms with Crippen LogP contribution in [-0.2, 0) is 0 Å². The fourth-order valence-corrected chi connectivity index (χ4v) is 3.19. The molecule has 0 aromatic heterocycles. The predicted molar refractivity (Wildman–Crippen MR) is 109 cm³/mol. The van der Waals surface area contributed by atoms with Crippen LogP contribution >= 0.6 is 0 Å². The van der Waals surface area contributed by atoms with Crippen LogP contribution in [0.2, 0.25) is 0 Å². The Labute approximate surface area is 153 Å². The molecule has 0 unspecified atom stereocenters. The van der Waals surface area contributed by atoms with Crippen LogP contribution in [0.15, 0.2) is 53.6 Å². The van der Waals surface area contributed by atoms with Crippen LogP contribution in [0.1, 0.15) is 52.5 Å². The molecule has 2 rings (SSSR count). The lowest BCUT2D eigenvalue weighted by Crippen LogP contribution is -2.27. The van der Waals surface area contributed by atoms with Crippen molar-refractivity contribution in [1.82, 2.24) is 4.90 Å². The standard InChI is InChI=1S/C23H33NO/c1-5-19(4)23(20-11-9-8-10-12-20)21-13-15-22(16-14-21)25-18-17-24(6-2)7-3/h9,11-16H,5-8,10,17-18H2,1-4H3/b23-19-. The number of hydrogen-bond acceptors (Lipinski definition) is 2. The Bertz CT molecular complexity index is 618. The normalized spacial score (nSPS) is 15.2. The summed E-state index contributed by atoms with van der Waals surface area (Å²) in [6.45, 7) is 12.7. The summed E-state index contributed by atoms with van der Waals surface area (Å²) in [6.07, 6.45) is 10.3. The molecule has 0 N–H and O–H groups in total. The van der Waals surface area contributed by atoms with Crippen LogP contribution in [-0.4, -0.2) is 31.1 Å². The highest BCUT2D eigenvalue weighted by atomic mass is 16.5. The molecule has 0 amide bonds. The average molecular weight is 340 g/mol. The van der Waals surface area contributed by atoms with Crippen molar-refractivity contribution in [2.24, 2.45) is 0 Å². The van der Waals surface area contributed by atoms with E-state index in [-0.39, 0.29) is 0 Å². The Morgan fingerprint density at radius 1 is 1.04 bits per heavy atom. The highest BCUT2D eigenvalue weighted by molar-refractivity contribution is 5.84. The second-order valence-corrected chi connectivity index (χ2v) is 6.55. The molecule has 0 bridgehead atoms. The van der Waals surface area contributed by atoms with E-state index in [9.17, 15) is 0 Å². The van der Waals surface area contributed by atoms with Gasteiger partial charge in [-0.3, -0.25) is 0 Å². The first-order valence-electron chi connectivity index (χ1n) is 9.71. The van der Waals surface area contributed by atoms with Gasteiger partial charge in [0.2, 0.25) is 0 Å². The number of benzene rings is 1. The maximum Gasteiger partial charge on any atom is 0.119 e. The van der Waals surface area contributed by atoms with Crippen LogP contribution in [0, 0.1) is 0 Å². The molecule has 136 valence electrons. The molecule has 0 fully saturated rings. The Morgan fingerprint density at radius 2 is 1.76 bits per heavy atom. The molecule has 0 radical (unpaired) electrons. The molecule has 25 heavy (non-hydrogen) atoms. The van der Waals surface area contributed by atoms with Crippen molar-refractivity contribution in [3.63, 3.8) is 0 Å². The first-order chi connectivity index (χ1) is 12.2. The lowest BCUT2D eigenvalue weighted by molar-refractivity contribution is 0.223. The summed E-state index contributed by atoms with van der Waals surface area (Å²) >= 11 is 0. The van der Waals surface area contributed by atoms with Gasteiger partial charge >= 0.3 is 0 Å². The van der Waals surface area contributed by atoms with Crippen molar-refractivity contribution in [1.29, 1.82) is 0 Å². The van der Waals surface area contributed by atoms with Gasteiger partial charge < -0.3 is 9.64 Å². The van der Waals surface area contributed by atoms with Gasteiger partial charge in [0.05, 0.1) is 0 Å². The summed E-state index contributed by atoms with van der Waals surface area (Å²) < 4.78 is 5.92. The van der Waals surface area contributed by atoms with E-state index in [4.69, 9.17) is 4.74 Å². The zero-order valence-corrected chi connectivity index (χ0v) is 16.3. The number of likely N-dealkylation sites (N-methyl/N-ethyl adjacent to an activating group) is 1. The van der Waals surface area contributed by atoms with Crippen molar-refractivity contribution in [3.8, 4) is 5.75 Å². The van der Waals surface area contributed by atoms with Gasteiger partial charge in [0.1, 0.15) is 12.4 Å². The van der Waals surface area contributed by atoms with Crippen LogP contribution in [0.4, 0.5) is 0 Å². The zero-order chi connectivity index (χ0) is 18.1. The predicted octanol–water partition coefficient (Wildman–Crippen LogP) is 5.87. The van der Waals surface area contributed by atoms with E-state index in [1.54, 1.807) is 0 Å². The van der Waals surface area contributed by atoms with Gasteiger partial charge in [-0.1, -0.05) is 56.7 Å². The summed E-state index contributed by atoms with van der Waals surface area (Å²) in [5, 5.41) is 0. The second kappa shape index (κ2) is 10.2. The van der Waals surface area contributed by atoms with Crippen LogP contribution in [0.25, 0.3) is 5.57 Å². The van der Waals surface area contributed by atoms with Crippen molar-refractivity contribution >= 4 is 5.57 Å². The number of allylic oxidation sites excluding steroid dienone is 6. The molecule has 1 aliphatic carbocycles. The minimum absolute atomic E-state index is 0.742. The highest BCUT2D eigenvalue weighted by Crippen LogP contribution is 2.32. The van der Waals surface area contributed by atoms with Gasteiger partial charge in [-0.15, -0.1) is 0 Å². The average Bonchev–Trinajstić information content (AvgIpc) is 2.67. The molecular formula is C23H33NO. The van der Waals surface area contributed by atoms with Crippen LogP contribution < -0.4 is 4.74 Å². The molecule has 0 saturated carbocycles. The molecule has 1 aliphatic rings. The maximum absolute atomic E-state index is 5.92. The zero-order valence-electron chi connectivity index (χ0n) is 16.3.